The molecule has 2 radical (unpaired) electrons. The van der Waals surface area contributed by atoms with Crippen molar-refractivity contribution < 1.29 is 17.1 Å². The first-order valence-electron chi connectivity index (χ1n) is 5.96. The van der Waals surface area contributed by atoms with Crippen molar-refractivity contribution in [3.05, 3.63) is 0 Å². The van der Waals surface area contributed by atoms with E-state index < -0.39 is 17.1 Å². The monoisotopic (exact) mass is 316 g/mol. The second kappa shape index (κ2) is 9.39. The highest BCUT2D eigenvalue weighted by atomic mass is 28.4. The van der Waals surface area contributed by atoms with Crippen molar-refractivity contribution in [2.75, 3.05) is 13.2 Å². The molecule has 0 aromatic rings. The minimum absolute atomic E-state index is 0.134. The van der Waals surface area contributed by atoms with Crippen molar-refractivity contribution in [3.63, 3.8) is 0 Å². The van der Waals surface area contributed by atoms with Crippen molar-refractivity contribution in [2.45, 2.75) is 39.0 Å². The molecule has 0 spiro atoms. The van der Waals surface area contributed by atoms with Crippen LogP contribution in [0.25, 0.3) is 0 Å². The molecular weight excluding hydrogens is 296 g/mol. The van der Waals surface area contributed by atoms with E-state index in [1.807, 2.05) is 38.3 Å². The van der Waals surface area contributed by atoms with E-state index in [9.17, 15) is 0 Å². The predicted molar refractivity (Wildman–Crippen MR) is 75.3 cm³/mol. The Balaban J connectivity index is 3.87. The minimum Gasteiger partial charge on any atom is -0.414 e. The lowest BCUT2D eigenvalue weighted by molar-refractivity contribution is 0.226. The van der Waals surface area contributed by atoms with Gasteiger partial charge in [-0.05, 0) is 26.2 Å². The van der Waals surface area contributed by atoms with E-state index in [4.69, 9.17) is 27.6 Å². The highest BCUT2D eigenvalue weighted by molar-refractivity contribution is 6.72. The zero-order valence-electron chi connectivity index (χ0n) is 11.9. The summed E-state index contributed by atoms with van der Waals surface area (Å²) in [5.74, 6) is 0. The molecule has 0 aliphatic heterocycles. The molecule has 0 saturated heterocycles. The van der Waals surface area contributed by atoms with Crippen LogP contribution in [0.2, 0.25) is 26.2 Å². The van der Waals surface area contributed by atoms with Crippen LogP contribution in [0, 0.1) is 22.7 Å². The van der Waals surface area contributed by atoms with Crippen LogP contribution in [-0.2, 0) is 17.1 Å². The van der Waals surface area contributed by atoms with Gasteiger partial charge in [-0.1, -0.05) is 0 Å². The summed E-state index contributed by atoms with van der Waals surface area (Å²) in [6.07, 6.45) is 0.725. The van der Waals surface area contributed by atoms with Gasteiger partial charge in [0.25, 0.3) is 0 Å². The Hall–Kier alpha value is -0.529. The molecule has 0 amide bonds. The van der Waals surface area contributed by atoms with Crippen LogP contribution in [0.4, 0.5) is 0 Å². The number of nitrogens with zero attached hydrogens (tertiary/aromatic N) is 2. The molecule has 0 fully saturated rings. The number of hydrogen-bond donors (Lipinski definition) is 0. The molecule has 9 heteroatoms. The fourth-order valence-corrected chi connectivity index (χ4v) is 4.77. The first-order chi connectivity index (χ1) is 8.83. The van der Waals surface area contributed by atoms with Crippen LogP contribution in [0.5, 0.6) is 0 Å². The van der Waals surface area contributed by atoms with Crippen molar-refractivity contribution in [3.8, 4) is 12.1 Å². The summed E-state index contributed by atoms with van der Waals surface area (Å²) < 4.78 is 22.3. The van der Waals surface area contributed by atoms with E-state index in [0.29, 0.717) is 26.1 Å². The van der Waals surface area contributed by atoms with E-state index in [1.165, 1.54) is 0 Å². The summed E-state index contributed by atoms with van der Waals surface area (Å²) >= 11 is 0. The Labute approximate surface area is 119 Å². The lowest BCUT2D eigenvalue weighted by Crippen LogP contribution is -2.42. The summed E-state index contributed by atoms with van der Waals surface area (Å²) in [5, 5.41) is 16.9. The molecule has 0 unspecified atom stereocenters. The van der Waals surface area contributed by atoms with E-state index in [-0.39, 0.29) is 10.0 Å². The van der Waals surface area contributed by atoms with Gasteiger partial charge in [-0.2, -0.15) is 10.5 Å². The Morgan fingerprint density at radius 3 is 1.53 bits per heavy atom. The molecule has 6 nitrogen and oxygen atoms in total. The Bertz CT molecular complexity index is 307. The molecule has 19 heavy (non-hydrogen) atoms. The largest absolute Gasteiger partial charge is 0.414 e. The third kappa shape index (κ3) is 11.0. The quantitative estimate of drug-likeness (QED) is 0.451. The van der Waals surface area contributed by atoms with Gasteiger partial charge in [0.1, 0.15) is 0 Å². The topological polar surface area (TPSA) is 84.5 Å². The predicted octanol–water partition coefficient (Wildman–Crippen LogP) is 1.82. The van der Waals surface area contributed by atoms with Gasteiger partial charge in [-0.3, -0.25) is 0 Å². The Morgan fingerprint density at radius 2 is 1.21 bits per heavy atom. The van der Waals surface area contributed by atoms with Gasteiger partial charge < -0.3 is 17.1 Å². The molecule has 0 aromatic carbocycles. The SMILES string of the molecule is C[Si](C)(OCCC#N)O[Si]O[Si](C)(C)OCCC#N. The van der Waals surface area contributed by atoms with Crippen molar-refractivity contribution >= 4 is 27.1 Å². The molecule has 0 aliphatic carbocycles. The van der Waals surface area contributed by atoms with E-state index >= 15 is 0 Å². The molecule has 0 saturated carbocycles. The maximum absolute atomic E-state index is 8.44. The highest BCUT2D eigenvalue weighted by Gasteiger charge is 2.29. The van der Waals surface area contributed by atoms with Crippen LogP contribution in [0.3, 0.4) is 0 Å². The fourth-order valence-electron chi connectivity index (χ4n) is 0.965. The molecule has 0 aliphatic rings. The summed E-state index contributed by atoms with van der Waals surface area (Å²) in [6.45, 7) is 8.41. The third-order valence-corrected chi connectivity index (χ3v) is 8.30. The molecule has 0 bridgehead atoms. The van der Waals surface area contributed by atoms with Gasteiger partial charge in [0.05, 0.1) is 25.0 Å². The first-order valence-corrected chi connectivity index (χ1v) is 12.4. The van der Waals surface area contributed by atoms with Crippen LogP contribution >= 0.6 is 0 Å². The van der Waals surface area contributed by atoms with Gasteiger partial charge in [-0.25, -0.2) is 0 Å². The number of nitriles is 2. The first kappa shape index (κ1) is 18.5. The number of hydrogen-bond acceptors (Lipinski definition) is 6. The van der Waals surface area contributed by atoms with Crippen LogP contribution in [0.15, 0.2) is 0 Å². The average molecular weight is 317 g/mol. The molecule has 0 heterocycles. The summed E-state index contributed by atoms with van der Waals surface area (Å²) in [4.78, 5) is 0. The van der Waals surface area contributed by atoms with Crippen LogP contribution in [0.1, 0.15) is 12.8 Å². The van der Waals surface area contributed by atoms with Gasteiger partial charge in [0, 0.05) is 13.2 Å². The van der Waals surface area contributed by atoms with E-state index in [0.717, 1.165) is 0 Å². The zero-order chi connectivity index (χ0) is 14.8. The third-order valence-electron chi connectivity index (χ3n) is 1.90. The maximum atomic E-state index is 8.44. The molecule has 0 N–H and O–H groups in total. The van der Waals surface area contributed by atoms with Crippen molar-refractivity contribution in [1.82, 2.24) is 0 Å². The molecular formula is C10H20N2O4Si3. The van der Waals surface area contributed by atoms with Gasteiger partial charge >= 0.3 is 27.1 Å². The van der Waals surface area contributed by atoms with Crippen LogP contribution < -0.4 is 0 Å². The maximum Gasteiger partial charge on any atom is 0.413 e. The smallest absolute Gasteiger partial charge is 0.413 e. The lowest BCUT2D eigenvalue weighted by Gasteiger charge is -2.26. The van der Waals surface area contributed by atoms with Crippen molar-refractivity contribution in [1.29, 1.82) is 10.5 Å². The van der Waals surface area contributed by atoms with Crippen LogP contribution in [-0.4, -0.2) is 40.3 Å². The summed E-state index contributed by atoms with van der Waals surface area (Å²) in [5.41, 5.74) is 0. The average Bonchev–Trinajstić information content (AvgIpc) is 2.28. The lowest BCUT2D eigenvalue weighted by atomic mass is 10.5. The Morgan fingerprint density at radius 1 is 0.842 bits per heavy atom. The standard InChI is InChI=1S/C10H20N2O4Si3/c1-18(2,13-9-5-7-11)15-17-16-19(3,4)14-10-6-8-12/h5-6,9-10H2,1-4H3. The second-order valence-corrected chi connectivity index (χ2v) is 12.6. The van der Waals surface area contributed by atoms with Crippen molar-refractivity contribution in [2.24, 2.45) is 0 Å². The van der Waals surface area contributed by atoms with E-state index in [1.54, 1.807) is 0 Å². The van der Waals surface area contributed by atoms with Gasteiger partial charge in [-0.15, -0.1) is 0 Å². The minimum atomic E-state index is -2.23. The molecule has 0 aromatic heterocycles. The normalized spacial score (nSPS) is 11.9. The second-order valence-electron chi connectivity index (χ2n) is 4.60. The van der Waals surface area contributed by atoms with Gasteiger partial charge in [0.2, 0.25) is 0 Å². The number of rotatable bonds is 10. The van der Waals surface area contributed by atoms with E-state index in [2.05, 4.69) is 0 Å². The summed E-state index contributed by atoms with van der Waals surface area (Å²) in [7, 11) is -4.59. The summed E-state index contributed by atoms with van der Waals surface area (Å²) in [6, 6.07) is 4.05. The zero-order valence-corrected chi connectivity index (χ0v) is 14.9. The highest BCUT2D eigenvalue weighted by Crippen LogP contribution is 2.10. The van der Waals surface area contributed by atoms with Gasteiger partial charge in [0.15, 0.2) is 0 Å². The fraction of sp³-hybridized carbons (Fsp3) is 0.800. The molecule has 0 atom stereocenters. The molecule has 106 valence electrons. The molecule has 0 rings (SSSR count). The Kier molecular flexibility index (Phi) is 9.12.